The lowest BCUT2D eigenvalue weighted by atomic mass is 10.1. The Labute approximate surface area is 70.1 Å². The second-order valence-electron chi connectivity index (χ2n) is 3.48. The van der Waals surface area contributed by atoms with Crippen LogP contribution in [0.15, 0.2) is 11.1 Å². The van der Waals surface area contributed by atoms with E-state index in [1.54, 1.807) is 11.1 Å². The first-order chi connectivity index (χ1) is 5.27. The molecule has 0 radical (unpaired) electrons. The van der Waals surface area contributed by atoms with Crippen molar-refractivity contribution in [3.63, 3.8) is 0 Å². The molecule has 0 saturated carbocycles. The van der Waals surface area contributed by atoms with E-state index >= 15 is 0 Å². The fraction of sp³-hybridized carbons (Fsp3) is 0.800. The summed E-state index contributed by atoms with van der Waals surface area (Å²) in [7, 11) is 2.21. The molecule has 1 aliphatic heterocycles. The normalized spacial score (nSPS) is 19.9. The SMILES string of the molecule is CCCC1=C(CC)CN(C)C1. The maximum atomic E-state index is 2.41. The van der Waals surface area contributed by atoms with E-state index in [-0.39, 0.29) is 0 Å². The fourth-order valence-electron chi connectivity index (χ4n) is 1.85. The predicted molar refractivity (Wildman–Crippen MR) is 49.7 cm³/mol. The third kappa shape index (κ3) is 2.06. The molecule has 0 atom stereocenters. The summed E-state index contributed by atoms with van der Waals surface area (Å²) in [4.78, 5) is 2.41. The number of hydrogen-bond donors (Lipinski definition) is 0. The molecule has 0 bridgehead atoms. The van der Waals surface area contributed by atoms with E-state index in [0.29, 0.717) is 0 Å². The first-order valence-corrected chi connectivity index (χ1v) is 4.66. The van der Waals surface area contributed by atoms with Crippen LogP contribution in [0.1, 0.15) is 33.1 Å². The third-order valence-corrected chi connectivity index (χ3v) is 2.40. The predicted octanol–water partition coefficient (Wildman–Crippen LogP) is 2.44. The Hall–Kier alpha value is -0.300. The van der Waals surface area contributed by atoms with Crippen molar-refractivity contribution in [3.05, 3.63) is 11.1 Å². The Morgan fingerprint density at radius 1 is 1.18 bits per heavy atom. The van der Waals surface area contributed by atoms with Crippen molar-refractivity contribution < 1.29 is 0 Å². The van der Waals surface area contributed by atoms with Gasteiger partial charge in [0.2, 0.25) is 0 Å². The van der Waals surface area contributed by atoms with Crippen molar-refractivity contribution in [2.45, 2.75) is 33.1 Å². The molecule has 0 aliphatic carbocycles. The standard InChI is InChI=1S/C10H19N/c1-4-6-10-8-11(3)7-9(10)5-2/h4-8H2,1-3H3. The lowest BCUT2D eigenvalue weighted by Crippen LogP contribution is -2.14. The molecule has 0 N–H and O–H groups in total. The van der Waals surface area contributed by atoms with Crippen molar-refractivity contribution in [3.8, 4) is 0 Å². The minimum absolute atomic E-state index is 1.21. The van der Waals surface area contributed by atoms with E-state index in [2.05, 4.69) is 25.8 Å². The van der Waals surface area contributed by atoms with Gasteiger partial charge in [0.15, 0.2) is 0 Å². The summed E-state index contributed by atoms with van der Waals surface area (Å²) in [5, 5.41) is 0. The Bertz CT molecular complexity index is 158. The smallest absolute Gasteiger partial charge is 0.0196 e. The lowest BCUT2D eigenvalue weighted by molar-refractivity contribution is 0.420. The van der Waals surface area contributed by atoms with Crippen molar-refractivity contribution in [1.29, 1.82) is 0 Å². The summed E-state index contributed by atoms with van der Waals surface area (Å²) >= 11 is 0. The molecule has 64 valence electrons. The zero-order valence-corrected chi connectivity index (χ0v) is 7.98. The Kier molecular flexibility index (Phi) is 3.13. The van der Waals surface area contributed by atoms with Crippen LogP contribution < -0.4 is 0 Å². The summed E-state index contributed by atoms with van der Waals surface area (Å²) in [5.41, 5.74) is 3.40. The monoisotopic (exact) mass is 153 g/mol. The summed E-state index contributed by atoms with van der Waals surface area (Å²) in [6.45, 7) is 6.96. The number of likely N-dealkylation sites (N-methyl/N-ethyl adjacent to an activating group) is 1. The van der Waals surface area contributed by atoms with Crippen LogP contribution in [0.3, 0.4) is 0 Å². The van der Waals surface area contributed by atoms with Gasteiger partial charge in [0.05, 0.1) is 0 Å². The second kappa shape index (κ2) is 3.91. The summed E-state index contributed by atoms with van der Waals surface area (Å²) < 4.78 is 0. The van der Waals surface area contributed by atoms with Crippen LogP contribution in [0.25, 0.3) is 0 Å². The maximum absolute atomic E-state index is 2.41. The molecule has 0 spiro atoms. The first kappa shape index (κ1) is 8.79. The molecule has 1 heteroatoms. The average molecular weight is 153 g/mol. The van der Waals surface area contributed by atoms with Gasteiger partial charge in [-0.25, -0.2) is 0 Å². The highest BCUT2D eigenvalue weighted by Gasteiger charge is 2.15. The molecule has 0 fully saturated rings. The zero-order chi connectivity index (χ0) is 8.27. The topological polar surface area (TPSA) is 3.24 Å². The van der Waals surface area contributed by atoms with E-state index in [1.807, 2.05) is 0 Å². The first-order valence-electron chi connectivity index (χ1n) is 4.66. The van der Waals surface area contributed by atoms with Gasteiger partial charge in [0, 0.05) is 13.1 Å². The quantitative estimate of drug-likeness (QED) is 0.563. The van der Waals surface area contributed by atoms with Gasteiger partial charge >= 0.3 is 0 Å². The summed E-state index contributed by atoms with van der Waals surface area (Å²) in [5.74, 6) is 0. The van der Waals surface area contributed by atoms with E-state index in [4.69, 9.17) is 0 Å². The molecule has 1 rings (SSSR count). The molecular formula is C10H19N. The molecule has 0 saturated heterocycles. The third-order valence-electron chi connectivity index (χ3n) is 2.40. The van der Waals surface area contributed by atoms with Crippen LogP contribution in [0.5, 0.6) is 0 Å². The lowest BCUT2D eigenvalue weighted by Gasteiger charge is -2.06. The number of rotatable bonds is 3. The zero-order valence-electron chi connectivity index (χ0n) is 7.98. The summed E-state index contributed by atoms with van der Waals surface area (Å²) in [6.07, 6.45) is 3.86. The number of nitrogens with zero attached hydrogens (tertiary/aromatic N) is 1. The van der Waals surface area contributed by atoms with Crippen LogP contribution in [0.2, 0.25) is 0 Å². The second-order valence-corrected chi connectivity index (χ2v) is 3.48. The van der Waals surface area contributed by atoms with E-state index < -0.39 is 0 Å². The average Bonchev–Trinajstić information content (AvgIpc) is 2.32. The van der Waals surface area contributed by atoms with Crippen LogP contribution >= 0.6 is 0 Å². The molecule has 0 unspecified atom stereocenters. The molecule has 1 heterocycles. The van der Waals surface area contributed by atoms with Gasteiger partial charge in [0.1, 0.15) is 0 Å². The minimum atomic E-state index is 1.21. The van der Waals surface area contributed by atoms with Crippen molar-refractivity contribution >= 4 is 0 Å². The highest BCUT2D eigenvalue weighted by atomic mass is 15.1. The molecule has 1 nitrogen and oxygen atoms in total. The minimum Gasteiger partial charge on any atom is -0.299 e. The summed E-state index contributed by atoms with van der Waals surface area (Å²) in [6, 6.07) is 0. The van der Waals surface area contributed by atoms with Crippen LogP contribution in [-0.2, 0) is 0 Å². The van der Waals surface area contributed by atoms with Crippen LogP contribution in [0.4, 0.5) is 0 Å². The number of hydrogen-bond acceptors (Lipinski definition) is 1. The van der Waals surface area contributed by atoms with E-state index in [1.165, 1.54) is 32.4 Å². The van der Waals surface area contributed by atoms with Gasteiger partial charge in [-0.1, -0.05) is 31.4 Å². The van der Waals surface area contributed by atoms with E-state index in [9.17, 15) is 0 Å². The van der Waals surface area contributed by atoms with Crippen LogP contribution in [0, 0.1) is 0 Å². The molecule has 0 aromatic carbocycles. The fourth-order valence-corrected chi connectivity index (χ4v) is 1.85. The highest BCUT2D eigenvalue weighted by molar-refractivity contribution is 5.22. The van der Waals surface area contributed by atoms with Gasteiger partial charge in [-0.15, -0.1) is 0 Å². The van der Waals surface area contributed by atoms with Gasteiger partial charge < -0.3 is 0 Å². The van der Waals surface area contributed by atoms with Crippen molar-refractivity contribution in [1.82, 2.24) is 4.90 Å². The van der Waals surface area contributed by atoms with Gasteiger partial charge in [-0.2, -0.15) is 0 Å². The molecule has 11 heavy (non-hydrogen) atoms. The molecular weight excluding hydrogens is 134 g/mol. The van der Waals surface area contributed by atoms with Crippen LogP contribution in [-0.4, -0.2) is 25.0 Å². The van der Waals surface area contributed by atoms with Gasteiger partial charge in [-0.3, -0.25) is 4.90 Å². The Morgan fingerprint density at radius 2 is 1.82 bits per heavy atom. The molecule has 0 amide bonds. The Morgan fingerprint density at radius 3 is 2.36 bits per heavy atom. The molecule has 0 aromatic rings. The van der Waals surface area contributed by atoms with E-state index in [0.717, 1.165) is 0 Å². The van der Waals surface area contributed by atoms with Gasteiger partial charge in [-0.05, 0) is 19.9 Å². The van der Waals surface area contributed by atoms with Crippen molar-refractivity contribution in [2.24, 2.45) is 0 Å². The van der Waals surface area contributed by atoms with Gasteiger partial charge in [0.25, 0.3) is 0 Å². The Balaban J connectivity index is 2.56. The largest absolute Gasteiger partial charge is 0.299 e. The molecule has 1 aliphatic rings. The molecule has 0 aromatic heterocycles. The van der Waals surface area contributed by atoms with Crippen molar-refractivity contribution in [2.75, 3.05) is 20.1 Å². The maximum Gasteiger partial charge on any atom is 0.0196 e. The highest BCUT2D eigenvalue weighted by Crippen LogP contribution is 2.22.